The van der Waals surface area contributed by atoms with E-state index in [0.29, 0.717) is 46.9 Å². The Labute approximate surface area is 183 Å². The van der Waals surface area contributed by atoms with Crippen LogP contribution < -0.4 is 20.0 Å². The summed E-state index contributed by atoms with van der Waals surface area (Å²) in [4.78, 5) is 38.7. The Balaban J connectivity index is 1.29. The second-order valence-corrected chi connectivity index (χ2v) is 7.93. The highest BCUT2D eigenvalue weighted by molar-refractivity contribution is 5.99. The molecule has 3 aromatic rings. The quantitative estimate of drug-likeness (QED) is 0.459. The molecule has 0 radical (unpaired) electrons. The van der Waals surface area contributed by atoms with Gasteiger partial charge in [-0.05, 0) is 30.7 Å². The summed E-state index contributed by atoms with van der Waals surface area (Å²) in [6.07, 6.45) is 0.0597. The zero-order chi connectivity index (χ0) is 22.2. The molecular formula is C24H21NO7. The summed E-state index contributed by atoms with van der Waals surface area (Å²) in [6.45, 7) is 2.98. The van der Waals surface area contributed by atoms with Crippen molar-refractivity contribution in [3.05, 3.63) is 64.0 Å². The first kappa shape index (κ1) is 20.1. The third kappa shape index (κ3) is 3.79. The molecule has 3 heterocycles. The number of rotatable bonds is 4. The van der Waals surface area contributed by atoms with Crippen LogP contribution in [0.2, 0.25) is 0 Å². The van der Waals surface area contributed by atoms with Crippen molar-refractivity contribution < 1.29 is 28.2 Å². The van der Waals surface area contributed by atoms with Crippen LogP contribution in [0.3, 0.4) is 0 Å². The molecule has 5 rings (SSSR count). The SMILES string of the molecule is Cc1ccc2c(COC(=O)C3CC(=O)N(c4ccc5c(c4)OCCO5)C3)cc(=O)oc2c1. The van der Waals surface area contributed by atoms with Crippen LogP contribution in [0.5, 0.6) is 11.5 Å². The number of nitrogens with zero attached hydrogens (tertiary/aromatic N) is 1. The van der Waals surface area contributed by atoms with E-state index in [1.807, 2.05) is 19.1 Å². The fourth-order valence-corrected chi connectivity index (χ4v) is 4.04. The van der Waals surface area contributed by atoms with E-state index in [2.05, 4.69) is 0 Å². The van der Waals surface area contributed by atoms with Gasteiger partial charge in [0.1, 0.15) is 25.4 Å². The number of carbonyl (C=O) groups excluding carboxylic acids is 2. The Kier molecular flexibility index (Phi) is 5.05. The van der Waals surface area contributed by atoms with Crippen LogP contribution in [0.1, 0.15) is 17.5 Å². The molecule has 1 amide bonds. The summed E-state index contributed by atoms with van der Waals surface area (Å²) in [5, 5.41) is 0.711. The molecule has 0 saturated carbocycles. The largest absolute Gasteiger partial charge is 0.486 e. The fourth-order valence-electron chi connectivity index (χ4n) is 4.04. The third-order valence-electron chi connectivity index (χ3n) is 5.65. The van der Waals surface area contributed by atoms with E-state index in [9.17, 15) is 14.4 Å². The summed E-state index contributed by atoms with van der Waals surface area (Å²) < 4.78 is 21.8. The summed E-state index contributed by atoms with van der Waals surface area (Å²) in [6, 6.07) is 12.1. The van der Waals surface area contributed by atoms with Crippen LogP contribution in [0.15, 0.2) is 51.7 Å². The van der Waals surface area contributed by atoms with E-state index < -0.39 is 17.5 Å². The molecule has 1 unspecified atom stereocenters. The van der Waals surface area contributed by atoms with E-state index in [4.69, 9.17) is 18.6 Å². The van der Waals surface area contributed by atoms with Crippen LogP contribution in [-0.4, -0.2) is 31.6 Å². The van der Waals surface area contributed by atoms with Gasteiger partial charge < -0.3 is 23.5 Å². The van der Waals surface area contributed by atoms with Gasteiger partial charge in [-0.15, -0.1) is 0 Å². The Hall–Kier alpha value is -3.81. The van der Waals surface area contributed by atoms with Crippen molar-refractivity contribution in [2.24, 2.45) is 5.92 Å². The van der Waals surface area contributed by atoms with Gasteiger partial charge >= 0.3 is 11.6 Å². The lowest BCUT2D eigenvalue weighted by atomic mass is 10.1. The molecule has 2 aliphatic heterocycles. The van der Waals surface area contributed by atoms with E-state index in [0.717, 1.165) is 5.56 Å². The number of anilines is 1. The first-order valence-electron chi connectivity index (χ1n) is 10.4. The summed E-state index contributed by atoms with van der Waals surface area (Å²) in [5.41, 5.74) is 2.12. The Morgan fingerprint density at radius 1 is 1.06 bits per heavy atom. The number of amides is 1. The van der Waals surface area contributed by atoms with Gasteiger partial charge in [0.2, 0.25) is 5.91 Å². The number of hydrogen-bond donors (Lipinski definition) is 0. The smallest absolute Gasteiger partial charge is 0.336 e. The lowest BCUT2D eigenvalue weighted by Crippen LogP contribution is -2.26. The molecule has 1 saturated heterocycles. The maximum Gasteiger partial charge on any atom is 0.336 e. The number of ether oxygens (including phenoxy) is 3. The van der Waals surface area contributed by atoms with Crippen molar-refractivity contribution in [1.82, 2.24) is 0 Å². The van der Waals surface area contributed by atoms with Gasteiger partial charge in [-0.25, -0.2) is 4.79 Å². The van der Waals surface area contributed by atoms with Gasteiger partial charge in [0.15, 0.2) is 11.5 Å². The van der Waals surface area contributed by atoms with Crippen molar-refractivity contribution in [3.63, 3.8) is 0 Å². The minimum absolute atomic E-state index is 0.0597. The predicted molar refractivity (Wildman–Crippen MR) is 115 cm³/mol. The number of benzene rings is 2. The normalized spacial score (nSPS) is 17.6. The highest BCUT2D eigenvalue weighted by Gasteiger charge is 2.36. The molecule has 0 bridgehead atoms. The highest BCUT2D eigenvalue weighted by Crippen LogP contribution is 2.36. The topological polar surface area (TPSA) is 95.3 Å². The van der Waals surface area contributed by atoms with Crippen LogP contribution in [0.4, 0.5) is 5.69 Å². The number of hydrogen-bond acceptors (Lipinski definition) is 7. The van der Waals surface area contributed by atoms with E-state index >= 15 is 0 Å². The predicted octanol–water partition coefficient (Wildman–Crippen LogP) is 2.97. The number of esters is 1. The molecular weight excluding hydrogens is 414 g/mol. The molecule has 0 spiro atoms. The average Bonchev–Trinajstić information content (AvgIpc) is 3.18. The number of carbonyl (C=O) groups is 2. The van der Waals surface area contributed by atoms with Gasteiger partial charge in [0, 0.05) is 41.7 Å². The highest BCUT2D eigenvalue weighted by atomic mass is 16.6. The van der Waals surface area contributed by atoms with Crippen molar-refractivity contribution in [2.75, 3.05) is 24.7 Å². The third-order valence-corrected chi connectivity index (χ3v) is 5.65. The Bertz CT molecular complexity index is 1280. The number of fused-ring (bicyclic) bond motifs is 2. The summed E-state index contributed by atoms with van der Waals surface area (Å²) in [7, 11) is 0. The monoisotopic (exact) mass is 435 g/mol. The molecule has 2 aromatic carbocycles. The van der Waals surface area contributed by atoms with Crippen molar-refractivity contribution in [2.45, 2.75) is 20.0 Å². The van der Waals surface area contributed by atoms with Crippen LogP contribution in [0.25, 0.3) is 11.0 Å². The molecule has 0 aliphatic carbocycles. The molecule has 1 aromatic heterocycles. The maximum absolute atomic E-state index is 12.7. The molecule has 164 valence electrons. The molecule has 32 heavy (non-hydrogen) atoms. The van der Waals surface area contributed by atoms with Gasteiger partial charge in [-0.2, -0.15) is 0 Å². The Morgan fingerprint density at radius 3 is 2.72 bits per heavy atom. The van der Waals surface area contributed by atoms with Crippen molar-refractivity contribution in [3.8, 4) is 11.5 Å². The zero-order valence-corrected chi connectivity index (χ0v) is 17.5. The van der Waals surface area contributed by atoms with E-state index in [1.165, 1.54) is 6.07 Å². The standard InChI is InChI=1S/C24H21NO7/c1-14-2-4-18-16(10-23(27)32-20(18)8-14)13-31-24(28)15-9-22(26)25(12-15)17-3-5-19-21(11-17)30-7-6-29-19/h2-5,8,10-11,15H,6-7,9,12-13H2,1H3. The number of aryl methyl sites for hydroxylation is 1. The van der Waals surface area contributed by atoms with Crippen molar-refractivity contribution in [1.29, 1.82) is 0 Å². The molecule has 1 fully saturated rings. The van der Waals surface area contributed by atoms with Gasteiger partial charge in [-0.3, -0.25) is 9.59 Å². The summed E-state index contributed by atoms with van der Waals surface area (Å²) >= 11 is 0. The van der Waals surface area contributed by atoms with Gasteiger partial charge in [-0.1, -0.05) is 12.1 Å². The minimum atomic E-state index is -0.593. The lowest BCUT2D eigenvalue weighted by molar-refractivity contribution is -0.149. The maximum atomic E-state index is 12.7. The minimum Gasteiger partial charge on any atom is -0.486 e. The first-order valence-corrected chi connectivity index (χ1v) is 10.4. The van der Waals surface area contributed by atoms with Gasteiger partial charge in [0.25, 0.3) is 0 Å². The Morgan fingerprint density at radius 2 is 1.88 bits per heavy atom. The van der Waals surface area contributed by atoms with Crippen LogP contribution in [-0.2, 0) is 20.9 Å². The zero-order valence-electron chi connectivity index (χ0n) is 17.5. The second kappa shape index (κ2) is 8.03. The molecule has 8 nitrogen and oxygen atoms in total. The van der Waals surface area contributed by atoms with Gasteiger partial charge in [0.05, 0.1) is 5.92 Å². The molecule has 1 atom stereocenters. The summed E-state index contributed by atoms with van der Waals surface area (Å²) in [5.74, 6) is -0.0175. The first-order chi connectivity index (χ1) is 15.5. The van der Waals surface area contributed by atoms with Crippen LogP contribution >= 0.6 is 0 Å². The molecule has 0 N–H and O–H groups in total. The second-order valence-electron chi connectivity index (χ2n) is 7.93. The lowest BCUT2D eigenvalue weighted by Gasteiger charge is -2.22. The van der Waals surface area contributed by atoms with Crippen molar-refractivity contribution >= 4 is 28.5 Å². The van der Waals surface area contributed by atoms with E-state index in [-0.39, 0.29) is 25.5 Å². The van der Waals surface area contributed by atoms with E-state index in [1.54, 1.807) is 29.2 Å². The molecule has 8 heteroatoms. The van der Waals surface area contributed by atoms with Crippen LogP contribution in [0, 0.1) is 12.8 Å². The fraction of sp³-hybridized carbons (Fsp3) is 0.292. The molecule has 2 aliphatic rings. The average molecular weight is 435 g/mol.